The Morgan fingerprint density at radius 2 is 2.13 bits per heavy atom. The maximum absolute atomic E-state index is 10.8. The molecule has 0 aliphatic carbocycles. The number of nitrogens with two attached hydrogens (primary N) is 1. The van der Waals surface area contributed by atoms with E-state index in [-0.39, 0.29) is 5.57 Å². The molecule has 0 rings (SSSR count). The van der Waals surface area contributed by atoms with Gasteiger partial charge in [0.25, 0.3) is 5.91 Å². The Hall–Kier alpha value is -1.54. The standard InChI is InChI=1S/C10H18N4O/c1-8(9(7-11)10(12)15)13-5-4-6-14(2)3/h13H,4-6H2,1-3H3,(H2,12,15)/b9-8+. The second-order valence-electron chi connectivity index (χ2n) is 3.56. The van der Waals surface area contributed by atoms with Gasteiger partial charge in [-0.2, -0.15) is 5.26 Å². The number of carbonyl (C=O) groups is 1. The number of amides is 1. The maximum Gasteiger partial charge on any atom is 0.261 e. The summed E-state index contributed by atoms with van der Waals surface area (Å²) in [5.41, 5.74) is 5.58. The molecule has 0 spiro atoms. The van der Waals surface area contributed by atoms with E-state index >= 15 is 0 Å². The monoisotopic (exact) mass is 210 g/mol. The quantitative estimate of drug-likeness (QED) is 0.362. The van der Waals surface area contributed by atoms with Crippen LogP contribution < -0.4 is 11.1 Å². The molecule has 15 heavy (non-hydrogen) atoms. The summed E-state index contributed by atoms with van der Waals surface area (Å²) < 4.78 is 0. The van der Waals surface area contributed by atoms with Crippen LogP contribution in [0.3, 0.4) is 0 Å². The van der Waals surface area contributed by atoms with Crippen LogP contribution in [-0.2, 0) is 4.79 Å². The third-order valence-electron chi connectivity index (χ3n) is 1.91. The molecule has 0 aliphatic heterocycles. The van der Waals surface area contributed by atoms with Crippen LogP contribution in [-0.4, -0.2) is 38.0 Å². The first-order valence-corrected chi connectivity index (χ1v) is 4.78. The second-order valence-corrected chi connectivity index (χ2v) is 3.56. The first kappa shape index (κ1) is 13.5. The summed E-state index contributed by atoms with van der Waals surface area (Å²) in [6, 6.07) is 1.78. The minimum Gasteiger partial charge on any atom is -0.387 e. The highest BCUT2D eigenvalue weighted by molar-refractivity contribution is 5.96. The average Bonchev–Trinajstić information content (AvgIpc) is 2.12. The molecule has 0 atom stereocenters. The number of hydrogen-bond acceptors (Lipinski definition) is 4. The number of primary amides is 1. The van der Waals surface area contributed by atoms with E-state index in [0.717, 1.165) is 19.5 Å². The van der Waals surface area contributed by atoms with Crippen LogP contribution in [0.5, 0.6) is 0 Å². The lowest BCUT2D eigenvalue weighted by Crippen LogP contribution is -2.23. The summed E-state index contributed by atoms with van der Waals surface area (Å²) in [5, 5.41) is 11.7. The predicted octanol–water partition coefficient (Wildman–Crippen LogP) is -0.189. The molecule has 0 radical (unpaired) electrons. The fraction of sp³-hybridized carbons (Fsp3) is 0.600. The molecule has 84 valence electrons. The third-order valence-corrected chi connectivity index (χ3v) is 1.91. The summed E-state index contributed by atoms with van der Waals surface area (Å²) in [6.07, 6.45) is 0.946. The topological polar surface area (TPSA) is 82.2 Å². The van der Waals surface area contributed by atoms with Crippen molar-refractivity contribution < 1.29 is 4.79 Å². The van der Waals surface area contributed by atoms with Crippen LogP contribution >= 0.6 is 0 Å². The Kier molecular flexibility index (Phi) is 6.14. The Balaban J connectivity index is 4.07. The minimum atomic E-state index is -0.685. The molecule has 1 amide bonds. The highest BCUT2D eigenvalue weighted by Gasteiger charge is 2.07. The van der Waals surface area contributed by atoms with Crippen LogP contribution in [0, 0.1) is 11.3 Å². The van der Waals surface area contributed by atoms with E-state index in [1.54, 1.807) is 13.0 Å². The zero-order valence-electron chi connectivity index (χ0n) is 9.50. The number of allylic oxidation sites excluding steroid dienone is 1. The van der Waals surface area contributed by atoms with E-state index in [2.05, 4.69) is 10.2 Å². The molecule has 0 bridgehead atoms. The van der Waals surface area contributed by atoms with E-state index in [1.807, 2.05) is 14.1 Å². The minimum absolute atomic E-state index is 0.000136. The second kappa shape index (κ2) is 6.85. The molecule has 0 fully saturated rings. The molecule has 3 N–H and O–H groups in total. The van der Waals surface area contributed by atoms with Gasteiger partial charge in [0.1, 0.15) is 11.6 Å². The zero-order chi connectivity index (χ0) is 11.8. The highest BCUT2D eigenvalue weighted by atomic mass is 16.1. The van der Waals surface area contributed by atoms with Crippen molar-refractivity contribution in [3.05, 3.63) is 11.3 Å². The van der Waals surface area contributed by atoms with Crippen LogP contribution in [0.25, 0.3) is 0 Å². The van der Waals surface area contributed by atoms with Crippen molar-refractivity contribution in [2.24, 2.45) is 5.73 Å². The zero-order valence-corrected chi connectivity index (χ0v) is 9.50. The summed E-state index contributed by atoms with van der Waals surface area (Å²) in [6.45, 7) is 3.36. The fourth-order valence-corrected chi connectivity index (χ4v) is 1.08. The van der Waals surface area contributed by atoms with Gasteiger partial charge in [0.2, 0.25) is 0 Å². The number of nitriles is 1. The van der Waals surface area contributed by atoms with E-state index in [9.17, 15) is 4.79 Å². The Morgan fingerprint density at radius 1 is 1.53 bits per heavy atom. The van der Waals surface area contributed by atoms with Gasteiger partial charge in [0.15, 0.2) is 0 Å². The largest absolute Gasteiger partial charge is 0.387 e. The molecule has 0 aromatic carbocycles. The molecule has 0 saturated heterocycles. The number of nitrogens with one attached hydrogen (secondary N) is 1. The lowest BCUT2D eigenvalue weighted by Gasteiger charge is -2.11. The molecule has 0 saturated carbocycles. The third kappa shape index (κ3) is 5.70. The van der Waals surface area contributed by atoms with Crippen molar-refractivity contribution in [1.82, 2.24) is 10.2 Å². The number of carbonyl (C=O) groups excluding carboxylic acids is 1. The van der Waals surface area contributed by atoms with Crippen molar-refractivity contribution >= 4 is 5.91 Å². The van der Waals surface area contributed by atoms with Crippen molar-refractivity contribution in [3.8, 4) is 6.07 Å². The van der Waals surface area contributed by atoms with Crippen molar-refractivity contribution in [1.29, 1.82) is 5.26 Å². The molecule has 5 heteroatoms. The lowest BCUT2D eigenvalue weighted by atomic mass is 10.2. The summed E-state index contributed by atoms with van der Waals surface area (Å²) in [4.78, 5) is 12.9. The Bertz CT molecular complexity index is 288. The van der Waals surface area contributed by atoms with Crippen LogP contribution in [0.15, 0.2) is 11.3 Å². The van der Waals surface area contributed by atoms with Gasteiger partial charge in [-0.25, -0.2) is 0 Å². The first-order valence-electron chi connectivity index (χ1n) is 4.78. The van der Waals surface area contributed by atoms with Gasteiger partial charge >= 0.3 is 0 Å². The van der Waals surface area contributed by atoms with Crippen molar-refractivity contribution in [2.75, 3.05) is 27.2 Å². The van der Waals surface area contributed by atoms with Gasteiger partial charge in [-0.15, -0.1) is 0 Å². The van der Waals surface area contributed by atoms with Gasteiger partial charge < -0.3 is 16.0 Å². The van der Waals surface area contributed by atoms with Crippen LogP contribution in [0.4, 0.5) is 0 Å². The van der Waals surface area contributed by atoms with Gasteiger partial charge in [0, 0.05) is 12.2 Å². The summed E-state index contributed by atoms with van der Waals surface area (Å²) in [7, 11) is 3.99. The Morgan fingerprint density at radius 3 is 2.53 bits per heavy atom. The molecule has 0 unspecified atom stereocenters. The van der Waals surface area contributed by atoms with E-state index in [4.69, 9.17) is 11.0 Å². The van der Waals surface area contributed by atoms with E-state index in [1.165, 1.54) is 0 Å². The maximum atomic E-state index is 10.8. The molecule has 0 heterocycles. The van der Waals surface area contributed by atoms with Gasteiger partial charge in [0.05, 0.1) is 0 Å². The van der Waals surface area contributed by atoms with Gasteiger partial charge in [-0.3, -0.25) is 4.79 Å². The number of nitrogens with zero attached hydrogens (tertiary/aromatic N) is 2. The summed E-state index contributed by atoms with van der Waals surface area (Å²) >= 11 is 0. The van der Waals surface area contributed by atoms with Crippen LogP contribution in [0.1, 0.15) is 13.3 Å². The molecule has 0 aliphatic rings. The number of hydrogen-bond donors (Lipinski definition) is 2. The van der Waals surface area contributed by atoms with Crippen molar-refractivity contribution in [2.45, 2.75) is 13.3 Å². The van der Waals surface area contributed by atoms with Crippen molar-refractivity contribution in [3.63, 3.8) is 0 Å². The molecular weight excluding hydrogens is 192 g/mol. The van der Waals surface area contributed by atoms with E-state index in [0.29, 0.717) is 5.70 Å². The first-order chi connectivity index (χ1) is 6.99. The fourth-order valence-electron chi connectivity index (χ4n) is 1.08. The van der Waals surface area contributed by atoms with Gasteiger partial charge in [-0.1, -0.05) is 0 Å². The predicted molar refractivity (Wildman–Crippen MR) is 58.7 cm³/mol. The lowest BCUT2D eigenvalue weighted by molar-refractivity contribution is -0.114. The highest BCUT2D eigenvalue weighted by Crippen LogP contribution is 1.98. The molecule has 0 aromatic heterocycles. The van der Waals surface area contributed by atoms with Crippen LogP contribution in [0.2, 0.25) is 0 Å². The molecule has 5 nitrogen and oxygen atoms in total. The molecular formula is C10H18N4O. The average molecular weight is 210 g/mol. The van der Waals surface area contributed by atoms with Gasteiger partial charge in [-0.05, 0) is 34.0 Å². The van der Waals surface area contributed by atoms with E-state index < -0.39 is 5.91 Å². The summed E-state index contributed by atoms with van der Waals surface area (Å²) in [5.74, 6) is -0.685. The normalized spacial score (nSPS) is 11.9. The molecule has 0 aromatic rings. The SMILES string of the molecule is C/C(NCCCN(C)C)=C(/C#N)C(N)=O. The number of rotatable bonds is 6. The smallest absolute Gasteiger partial charge is 0.261 e. The Labute approximate surface area is 90.5 Å².